The fourth-order valence-electron chi connectivity index (χ4n) is 5.25. The summed E-state index contributed by atoms with van der Waals surface area (Å²) >= 11 is 1.33. The molecule has 4 rings (SSSR count). The smallest absolute Gasteiger partial charge is 0.406 e. The molecule has 0 saturated carbocycles. The monoisotopic (exact) mass is 539 g/mol. The number of halogens is 3. The molecule has 2 atom stereocenters. The predicted molar refractivity (Wildman–Crippen MR) is 138 cm³/mol. The van der Waals surface area contributed by atoms with Crippen molar-refractivity contribution in [3.05, 3.63) is 41.5 Å². The first-order valence-corrected chi connectivity index (χ1v) is 14.2. The molecule has 10 heteroatoms. The van der Waals surface area contributed by atoms with E-state index in [1.807, 2.05) is 0 Å². The van der Waals surface area contributed by atoms with Crippen LogP contribution in [-0.4, -0.2) is 66.0 Å². The second-order valence-corrected chi connectivity index (χ2v) is 11.2. The molecule has 1 aromatic carbocycles. The summed E-state index contributed by atoms with van der Waals surface area (Å²) in [6.07, 6.45) is 6.21. The van der Waals surface area contributed by atoms with Crippen LogP contribution in [0.5, 0.6) is 5.75 Å². The van der Waals surface area contributed by atoms with E-state index in [9.17, 15) is 22.8 Å². The zero-order valence-corrected chi connectivity index (χ0v) is 21.9. The number of rotatable bonds is 10. The van der Waals surface area contributed by atoms with Crippen LogP contribution in [0.1, 0.15) is 68.7 Å². The van der Waals surface area contributed by atoms with Crippen LogP contribution in [-0.2, 0) is 9.59 Å². The lowest BCUT2D eigenvalue weighted by molar-refractivity contribution is -0.274. The van der Waals surface area contributed by atoms with E-state index in [0.717, 1.165) is 45.3 Å². The third kappa shape index (κ3) is 8.40. The zero-order valence-electron chi connectivity index (χ0n) is 21.1. The second-order valence-electron chi connectivity index (χ2n) is 9.94. The lowest BCUT2D eigenvalue weighted by Gasteiger charge is -2.26. The molecule has 2 heterocycles. The Morgan fingerprint density at radius 3 is 2.65 bits per heavy atom. The number of nitrogens with zero attached hydrogens (tertiary/aromatic N) is 2. The van der Waals surface area contributed by atoms with Gasteiger partial charge in [0.25, 0.3) is 0 Å². The van der Waals surface area contributed by atoms with Crippen LogP contribution in [0.15, 0.2) is 35.9 Å². The standard InChI is InChI=1S/C27H36F3N3O3S/c28-27(29,30)36-22-11-7-10-21(18-22)26-33(16-12-20-8-3-1-4-9-20)25(35)23(37-26)19-24(34)31-13-17-32-14-5-2-6-15-32/h7-8,10-11,18,23,26H,1-6,9,12-17,19H2,(H,31,34). The Balaban J connectivity index is 1.41. The van der Waals surface area contributed by atoms with Gasteiger partial charge in [-0.15, -0.1) is 24.9 Å². The number of carbonyl (C=O) groups is 2. The molecule has 204 valence electrons. The van der Waals surface area contributed by atoms with E-state index in [0.29, 0.717) is 18.7 Å². The van der Waals surface area contributed by atoms with Crippen molar-refractivity contribution in [2.24, 2.45) is 0 Å². The summed E-state index contributed by atoms with van der Waals surface area (Å²) in [5.41, 5.74) is 1.88. The third-order valence-electron chi connectivity index (χ3n) is 7.14. The highest BCUT2D eigenvalue weighted by atomic mass is 32.2. The Labute approximate surface area is 221 Å². The first-order chi connectivity index (χ1) is 17.8. The van der Waals surface area contributed by atoms with E-state index in [1.54, 1.807) is 11.0 Å². The minimum Gasteiger partial charge on any atom is -0.406 e. The van der Waals surface area contributed by atoms with Crippen molar-refractivity contribution in [3.63, 3.8) is 0 Å². The van der Waals surface area contributed by atoms with Crippen LogP contribution in [0.4, 0.5) is 13.2 Å². The average molecular weight is 540 g/mol. The number of piperidine rings is 1. The van der Waals surface area contributed by atoms with E-state index in [1.165, 1.54) is 61.2 Å². The van der Waals surface area contributed by atoms with Gasteiger partial charge in [0, 0.05) is 26.1 Å². The molecule has 6 nitrogen and oxygen atoms in total. The topological polar surface area (TPSA) is 61.9 Å². The molecular weight excluding hydrogens is 503 g/mol. The molecule has 37 heavy (non-hydrogen) atoms. The van der Waals surface area contributed by atoms with Crippen molar-refractivity contribution >= 4 is 23.6 Å². The number of nitrogens with one attached hydrogen (secondary N) is 1. The van der Waals surface area contributed by atoms with Crippen LogP contribution in [0.2, 0.25) is 0 Å². The lowest BCUT2D eigenvalue weighted by Crippen LogP contribution is -2.39. The van der Waals surface area contributed by atoms with Crippen molar-refractivity contribution in [2.75, 3.05) is 32.7 Å². The molecule has 2 aliphatic heterocycles. The average Bonchev–Trinajstić information content (AvgIpc) is 3.18. The number of alkyl halides is 3. The predicted octanol–water partition coefficient (Wildman–Crippen LogP) is 5.41. The minimum atomic E-state index is -4.79. The zero-order chi connectivity index (χ0) is 26.3. The summed E-state index contributed by atoms with van der Waals surface area (Å²) in [7, 11) is 0. The highest BCUT2D eigenvalue weighted by Gasteiger charge is 2.42. The summed E-state index contributed by atoms with van der Waals surface area (Å²) in [5.74, 6) is -0.626. The molecule has 2 saturated heterocycles. The number of benzene rings is 1. The van der Waals surface area contributed by atoms with E-state index in [2.05, 4.69) is 21.0 Å². The Kier molecular flexibility index (Phi) is 9.81. The number of ether oxygens (including phenoxy) is 1. The number of amides is 2. The fraction of sp³-hybridized carbons (Fsp3) is 0.630. The fourth-order valence-corrected chi connectivity index (χ4v) is 6.72. The Hall–Kier alpha value is -2.20. The minimum absolute atomic E-state index is 0.0535. The molecule has 1 N–H and O–H groups in total. The lowest BCUT2D eigenvalue weighted by atomic mass is 9.97. The SMILES string of the molecule is O=C(CC1SC(c2cccc(OC(F)(F)F)c2)N(CCC2=CCCCC2)C1=O)NCCN1CCCCC1. The van der Waals surface area contributed by atoms with E-state index < -0.39 is 17.0 Å². The second kappa shape index (κ2) is 13.0. The van der Waals surface area contributed by atoms with Gasteiger partial charge in [0.2, 0.25) is 11.8 Å². The van der Waals surface area contributed by atoms with Crippen LogP contribution in [0.3, 0.4) is 0 Å². The van der Waals surface area contributed by atoms with Gasteiger partial charge in [-0.2, -0.15) is 0 Å². The number of allylic oxidation sites excluding steroid dienone is 1. The van der Waals surface area contributed by atoms with E-state index >= 15 is 0 Å². The van der Waals surface area contributed by atoms with Crippen LogP contribution in [0.25, 0.3) is 0 Å². The summed E-state index contributed by atoms with van der Waals surface area (Å²) in [6.45, 7) is 3.92. The first kappa shape index (κ1) is 27.8. The largest absolute Gasteiger partial charge is 0.573 e. The summed E-state index contributed by atoms with van der Waals surface area (Å²) < 4.78 is 42.5. The number of hydrogen-bond donors (Lipinski definition) is 1. The van der Waals surface area contributed by atoms with Gasteiger partial charge >= 0.3 is 6.36 Å². The molecule has 2 fully saturated rings. The Morgan fingerprint density at radius 2 is 1.92 bits per heavy atom. The van der Waals surface area contributed by atoms with Crippen molar-refractivity contribution in [1.29, 1.82) is 0 Å². The molecule has 2 amide bonds. The number of thioether (sulfide) groups is 1. The van der Waals surface area contributed by atoms with E-state index in [-0.39, 0.29) is 24.0 Å². The highest BCUT2D eigenvalue weighted by molar-refractivity contribution is 8.01. The van der Waals surface area contributed by atoms with Gasteiger partial charge in [-0.1, -0.05) is 30.2 Å². The first-order valence-electron chi connectivity index (χ1n) is 13.3. The number of carbonyl (C=O) groups excluding carboxylic acids is 2. The highest BCUT2D eigenvalue weighted by Crippen LogP contribution is 2.45. The van der Waals surface area contributed by atoms with Crippen molar-refractivity contribution < 1.29 is 27.5 Å². The summed E-state index contributed by atoms with van der Waals surface area (Å²) in [5, 5.41) is 1.90. The molecule has 0 spiro atoms. The molecule has 1 aliphatic carbocycles. The maximum atomic E-state index is 13.4. The molecule has 0 aromatic heterocycles. The Morgan fingerprint density at radius 1 is 1.11 bits per heavy atom. The number of likely N-dealkylation sites (tertiary alicyclic amines) is 1. The molecule has 2 unspecified atom stereocenters. The normalized spacial score (nSPS) is 23.2. The number of hydrogen-bond acceptors (Lipinski definition) is 5. The van der Waals surface area contributed by atoms with Gasteiger partial charge in [-0.3, -0.25) is 9.59 Å². The van der Waals surface area contributed by atoms with Crippen LogP contribution >= 0.6 is 11.8 Å². The van der Waals surface area contributed by atoms with Crippen molar-refractivity contribution in [2.45, 2.75) is 74.8 Å². The molecule has 0 bridgehead atoms. The Bertz CT molecular complexity index is 966. The molecule has 1 aromatic rings. The van der Waals surface area contributed by atoms with Gasteiger partial charge in [0.15, 0.2) is 0 Å². The third-order valence-corrected chi connectivity index (χ3v) is 8.62. The van der Waals surface area contributed by atoms with Gasteiger partial charge in [0.1, 0.15) is 11.1 Å². The quantitative estimate of drug-likeness (QED) is 0.403. The molecule has 3 aliphatic rings. The van der Waals surface area contributed by atoms with Crippen LogP contribution < -0.4 is 10.1 Å². The maximum absolute atomic E-state index is 13.4. The molecular formula is C27H36F3N3O3S. The van der Waals surface area contributed by atoms with Gasteiger partial charge < -0.3 is 19.9 Å². The maximum Gasteiger partial charge on any atom is 0.573 e. The van der Waals surface area contributed by atoms with Gasteiger partial charge in [-0.25, -0.2) is 0 Å². The van der Waals surface area contributed by atoms with E-state index in [4.69, 9.17) is 0 Å². The van der Waals surface area contributed by atoms with Crippen molar-refractivity contribution in [1.82, 2.24) is 15.1 Å². The van der Waals surface area contributed by atoms with Crippen LogP contribution in [0, 0.1) is 0 Å². The van der Waals surface area contributed by atoms with Gasteiger partial charge in [-0.05, 0) is 75.7 Å². The summed E-state index contributed by atoms with van der Waals surface area (Å²) in [4.78, 5) is 30.2. The molecule has 0 radical (unpaired) electrons. The van der Waals surface area contributed by atoms with Crippen molar-refractivity contribution in [3.8, 4) is 5.75 Å². The summed E-state index contributed by atoms with van der Waals surface area (Å²) in [6, 6.07) is 5.81. The van der Waals surface area contributed by atoms with Gasteiger partial charge in [0.05, 0.1) is 5.25 Å².